The first-order valence-electron chi connectivity index (χ1n) is 6.70. The number of hydrogen-bond acceptors (Lipinski definition) is 3. The number of nitrogen functional groups attached to an aromatic ring is 1. The topological polar surface area (TPSA) is 66.0 Å². The standard InChI is InChI=1S/C16H18N4/c1-10-7-11(2)19-16(14(10)15(17)18)20-8-12-5-3-4-6-13(12)9-20/h3-7H,8-9H2,1-2H3,(H3,17,18). The van der Waals surface area contributed by atoms with Crippen molar-refractivity contribution in [2.24, 2.45) is 5.73 Å². The summed E-state index contributed by atoms with van der Waals surface area (Å²) in [5.41, 5.74) is 11.1. The van der Waals surface area contributed by atoms with E-state index in [9.17, 15) is 0 Å². The Balaban J connectivity index is 2.06. The number of pyridine rings is 1. The molecule has 1 aromatic carbocycles. The first-order chi connectivity index (χ1) is 9.56. The third-order valence-electron chi connectivity index (χ3n) is 3.74. The Morgan fingerprint density at radius 1 is 1.20 bits per heavy atom. The quantitative estimate of drug-likeness (QED) is 0.648. The highest BCUT2D eigenvalue weighted by atomic mass is 15.2. The van der Waals surface area contributed by atoms with Gasteiger partial charge in [-0.15, -0.1) is 0 Å². The van der Waals surface area contributed by atoms with Crippen LogP contribution in [0, 0.1) is 19.3 Å². The normalized spacial score (nSPS) is 13.4. The van der Waals surface area contributed by atoms with Crippen molar-refractivity contribution in [1.82, 2.24) is 4.98 Å². The molecule has 0 saturated heterocycles. The van der Waals surface area contributed by atoms with Gasteiger partial charge in [0.25, 0.3) is 0 Å². The largest absolute Gasteiger partial charge is 0.384 e. The number of fused-ring (bicyclic) bond motifs is 1. The van der Waals surface area contributed by atoms with Crippen LogP contribution in [0.5, 0.6) is 0 Å². The van der Waals surface area contributed by atoms with Crippen LogP contribution in [0.4, 0.5) is 5.82 Å². The van der Waals surface area contributed by atoms with Crippen molar-refractivity contribution in [2.75, 3.05) is 4.90 Å². The van der Waals surface area contributed by atoms with Gasteiger partial charge in [-0.3, -0.25) is 5.41 Å². The lowest BCUT2D eigenvalue weighted by Crippen LogP contribution is -2.24. The summed E-state index contributed by atoms with van der Waals surface area (Å²) in [6.45, 7) is 5.61. The van der Waals surface area contributed by atoms with Gasteiger partial charge in [0.05, 0.1) is 5.56 Å². The van der Waals surface area contributed by atoms with Crippen LogP contribution in [-0.4, -0.2) is 10.8 Å². The minimum atomic E-state index is 0.0842. The van der Waals surface area contributed by atoms with E-state index < -0.39 is 0 Å². The number of aromatic nitrogens is 1. The molecular weight excluding hydrogens is 248 g/mol. The SMILES string of the molecule is Cc1cc(C)c(C(=N)N)c(N2Cc3ccccc3C2)n1. The fraction of sp³-hybridized carbons (Fsp3) is 0.250. The Labute approximate surface area is 118 Å². The predicted molar refractivity (Wildman–Crippen MR) is 81.1 cm³/mol. The third-order valence-corrected chi connectivity index (χ3v) is 3.74. The molecule has 0 bridgehead atoms. The number of amidine groups is 1. The molecule has 0 radical (unpaired) electrons. The molecule has 2 heterocycles. The highest BCUT2D eigenvalue weighted by Crippen LogP contribution is 2.30. The Morgan fingerprint density at radius 2 is 1.80 bits per heavy atom. The minimum Gasteiger partial charge on any atom is -0.384 e. The summed E-state index contributed by atoms with van der Waals surface area (Å²) in [5.74, 6) is 0.909. The van der Waals surface area contributed by atoms with E-state index in [1.165, 1.54) is 11.1 Å². The van der Waals surface area contributed by atoms with E-state index >= 15 is 0 Å². The summed E-state index contributed by atoms with van der Waals surface area (Å²) in [6.07, 6.45) is 0. The van der Waals surface area contributed by atoms with Crippen LogP contribution in [0.1, 0.15) is 27.9 Å². The molecule has 3 rings (SSSR count). The van der Waals surface area contributed by atoms with Crippen molar-refractivity contribution in [3.05, 3.63) is 58.3 Å². The average Bonchev–Trinajstić information content (AvgIpc) is 2.80. The van der Waals surface area contributed by atoms with E-state index in [-0.39, 0.29) is 5.84 Å². The Kier molecular flexibility index (Phi) is 2.93. The van der Waals surface area contributed by atoms with E-state index in [1.54, 1.807) is 0 Å². The molecule has 3 N–H and O–H groups in total. The maximum Gasteiger partial charge on any atom is 0.140 e. The molecule has 0 amide bonds. The van der Waals surface area contributed by atoms with Gasteiger partial charge in [0.15, 0.2) is 0 Å². The van der Waals surface area contributed by atoms with E-state index in [4.69, 9.17) is 11.1 Å². The highest BCUT2D eigenvalue weighted by molar-refractivity contribution is 6.01. The number of rotatable bonds is 2. The Morgan fingerprint density at radius 3 is 2.35 bits per heavy atom. The summed E-state index contributed by atoms with van der Waals surface area (Å²) in [7, 11) is 0. The van der Waals surface area contributed by atoms with Crippen LogP contribution in [0.25, 0.3) is 0 Å². The fourth-order valence-corrected chi connectivity index (χ4v) is 2.86. The molecule has 0 fully saturated rings. The van der Waals surface area contributed by atoms with Gasteiger partial charge in [0, 0.05) is 18.8 Å². The van der Waals surface area contributed by atoms with Gasteiger partial charge in [0.2, 0.25) is 0 Å². The molecule has 0 unspecified atom stereocenters. The summed E-state index contributed by atoms with van der Waals surface area (Å²) in [5, 5.41) is 7.82. The zero-order chi connectivity index (χ0) is 14.3. The lowest BCUT2D eigenvalue weighted by atomic mass is 10.1. The summed E-state index contributed by atoms with van der Waals surface area (Å²) >= 11 is 0. The molecular formula is C16H18N4. The molecule has 1 aliphatic rings. The number of nitrogens with zero attached hydrogens (tertiary/aromatic N) is 2. The van der Waals surface area contributed by atoms with Crippen molar-refractivity contribution in [2.45, 2.75) is 26.9 Å². The van der Waals surface area contributed by atoms with Gasteiger partial charge in [-0.05, 0) is 36.6 Å². The third kappa shape index (κ3) is 2.03. The number of hydrogen-bond donors (Lipinski definition) is 2. The number of benzene rings is 1. The summed E-state index contributed by atoms with van der Waals surface area (Å²) in [6, 6.07) is 10.4. The van der Waals surface area contributed by atoms with Gasteiger partial charge in [-0.1, -0.05) is 24.3 Å². The van der Waals surface area contributed by atoms with Gasteiger partial charge in [0.1, 0.15) is 11.7 Å². The van der Waals surface area contributed by atoms with Crippen LogP contribution in [0.2, 0.25) is 0 Å². The molecule has 0 atom stereocenters. The van der Waals surface area contributed by atoms with Crippen molar-refractivity contribution < 1.29 is 0 Å². The smallest absolute Gasteiger partial charge is 0.140 e. The van der Waals surface area contributed by atoms with E-state index in [0.717, 1.165) is 35.7 Å². The predicted octanol–water partition coefficient (Wildman–Crippen LogP) is 2.50. The zero-order valence-corrected chi connectivity index (χ0v) is 11.8. The fourth-order valence-electron chi connectivity index (χ4n) is 2.86. The van der Waals surface area contributed by atoms with Crippen LogP contribution in [-0.2, 0) is 13.1 Å². The maximum atomic E-state index is 7.82. The van der Waals surface area contributed by atoms with E-state index in [1.807, 2.05) is 19.9 Å². The monoisotopic (exact) mass is 266 g/mol. The molecule has 0 spiro atoms. The highest BCUT2D eigenvalue weighted by Gasteiger charge is 2.24. The van der Waals surface area contributed by atoms with E-state index in [2.05, 4.69) is 34.1 Å². The van der Waals surface area contributed by atoms with Crippen molar-refractivity contribution in [3.8, 4) is 0 Å². The second-order valence-electron chi connectivity index (χ2n) is 5.32. The minimum absolute atomic E-state index is 0.0842. The second kappa shape index (κ2) is 4.63. The molecule has 0 saturated carbocycles. The van der Waals surface area contributed by atoms with E-state index in [0.29, 0.717) is 0 Å². The van der Waals surface area contributed by atoms with Crippen LogP contribution in [0.15, 0.2) is 30.3 Å². The number of aryl methyl sites for hydroxylation is 2. The second-order valence-corrected chi connectivity index (χ2v) is 5.32. The maximum absolute atomic E-state index is 7.82. The molecule has 0 aliphatic carbocycles. The first-order valence-corrected chi connectivity index (χ1v) is 6.70. The molecule has 20 heavy (non-hydrogen) atoms. The van der Waals surface area contributed by atoms with Crippen molar-refractivity contribution >= 4 is 11.7 Å². The van der Waals surface area contributed by atoms with Crippen LogP contribution >= 0.6 is 0 Å². The lowest BCUT2D eigenvalue weighted by molar-refractivity contribution is 0.848. The van der Waals surface area contributed by atoms with Gasteiger partial charge in [-0.25, -0.2) is 4.98 Å². The Bertz CT molecular complexity index is 666. The molecule has 4 heteroatoms. The Hall–Kier alpha value is -2.36. The zero-order valence-electron chi connectivity index (χ0n) is 11.8. The molecule has 1 aliphatic heterocycles. The van der Waals surface area contributed by atoms with Crippen molar-refractivity contribution in [3.63, 3.8) is 0 Å². The van der Waals surface area contributed by atoms with Gasteiger partial charge < -0.3 is 10.6 Å². The number of nitrogens with two attached hydrogens (primary N) is 1. The first kappa shape index (κ1) is 12.7. The lowest BCUT2D eigenvalue weighted by Gasteiger charge is -2.21. The molecule has 2 aromatic rings. The molecule has 102 valence electrons. The van der Waals surface area contributed by atoms with Crippen LogP contribution < -0.4 is 10.6 Å². The van der Waals surface area contributed by atoms with Gasteiger partial charge >= 0.3 is 0 Å². The average molecular weight is 266 g/mol. The molecule has 4 nitrogen and oxygen atoms in total. The van der Waals surface area contributed by atoms with Crippen molar-refractivity contribution in [1.29, 1.82) is 5.41 Å². The number of nitrogens with one attached hydrogen (secondary N) is 1. The van der Waals surface area contributed by atoms with Gasteiger partial charge in [-0.2, -0.15) is 0 Å². The number of anilines is 1. The summed E-state index contributed by atoms with van der Waals surface area (Å²) < 4.78 is 0. The molecule has 1 aromatic heterocycles. The van der Waals surface area contributed by atoms with Crippen LogP contribution in [0.3, 0.4) is 0 Å². The summed E-state index contributed by atoms with van der Waals surface area (Å²) in [4.78, 5) is 6.82.